The smallest absolute Gasteiger partial charge is 0.186 e. The Kier molecular flexibility index (Phi) is 2.62. The van der Waals surface area contributed by atoms with Gasteiger partial charge in [-0.1, -0.05) is 0 Å². The van der Waals surface area contributed by atoms with E-state index in [2.05, 4.69) is 26.3 Å². The zero-order valence-corrected chi connectivity index (χ0v) is 8.37. The van der Waals surface area contributed by atoms with E-state index in [1.165, 1.54) is 5.56 Å². The lowest BCUT2D eigenvalue weighted by molar-refractivity contribution is 0.633. The maximum Gasteiger partial charge on any atom is 0.186 e. The van der Waals surface area contributed by atoms with Gasteiger partial charge in [-0.2, -0.15) is 5.10 Å². The number of H-pyrrole nitrogens is 1. The molecule has 6 nitrogen and oxygen atoms in total. The van der Waals surface area contributed by atoms with Gasteiger partial charge in [-0.25, -0.2) is 5.84 Å². The van der Waals surface area contributed by atoms with Gasteiger partial charge >= 0.3 is 0 Å². The van der Waals surface area contributed by atoms with Gasteiger partial charge in [0.2, 0.25) is 0 Å². The number of anilines is 1. The molecular formula is C7H12N6S. The molecule has 0 saturated carbocycles. The Morgan fingerprint density at radius 1 is 1.57 bits per heavy atom. The third-order valence-electron chi connectivity index (χ3n) is 2.17. The highest BCUT2D eigenvalue weighted by molar-refractivity contribution is 7.80. The van der Waals surface area contributed by atoms with Gasteiger partial charge in [0.15, 0.2) is 10.9 Å². The monoisotopic (exact) mass is 212 g/mol. The number of hydrogen-bond acceptors (Lipinski definition) is 4. The van der Waals surface area contributed by atoms with Crippen LogP contribution in [0, 0.1) is 0 Å². The fourth-order valence-electron chi connectivity index (χ4n) is 1.49. The van der Waals surface area contributed by atoms with Crippen molar-refractivity contribution in [2.75, 3.05) is 11.9 Å². The van der Waals surface area contributed by atoms with Gasteiger partial charge in [-0.15, -0.1) is 0 Å². The summed E-state index contributed by atoms with van der Waals surface area (Å²) in [6.07, 6.45) is 0.946. The average Bonchev–Trinajstić information content (AvgIpc) is 2.62. The molecule has 1 aliphatic heterocycles. The van der Waals surface area contributed by atoms with Crippen molar-refractivity contribution < 1.29 is 0 Å². The molecule has 2 rings (SSSR count). The Morgan fingerprint density at radius 3 is 3.21 bits per heavy atom. The van der Waals surface area contributed by atoms with Crippen LogP contribution >= 0.6 is 12.2 Å². The molecule has 76 valence electrons. The highest BCUT2D eigenvalue weighted by atomic mass is 32.1. The lowest BCUT2D eigenvalue weighted by Gasteiger charge is -2.13. The van der Waals surface area contributed by atoms with Crippen molar-refractivity contribution in [1.82, 2.24) is 20.9 Å². The highest BCUT2D eigenvalue weighted by Gasteiger charge is 2.16. The fraction of sp³-hybridized carbons (Fsp3) is 0.429. The number of fused-ring (bicyclic) bond motifs is 1. The number of nitrogens with one attached hydrogen (secondary N) is 4. The molecule has 0 fully saturated rings. The number of nitrogens with zero attached hydrogens (tertiary/aromatic N) is 1. The molecule has 14 heavy (non-hydrogen) atoms. The van der Waals surface area contributed by atoms with Crippen molar-refractivity contribution in [2.24, 2.45) is 5.84 Å². The van der Waals surface area contributed by atoms with Gasteiger partial charge in [0.1, 0.15) is 0 Å². The first kappa shape index (κ1) is 9.38. The lowest BCUT2D eigenvalue weighted by Crippen LogP contribution is -2.34. The largest absolute Gasteiger partial charge is 0.315 e. The minimum Gasteiger partial charge on any atom is -0.315 e. The summed E-state index contributed by atoms with van der Waals surface area (Å²) in [6, 6.07) is 0. The van der Waals surface area contributed by atoms with Gasteiger partial charge < -0.3 is 16.1 Å². The maximum atomic E-state index is 5.16. The number of nitrogens with two attached hydrogens (primary N) is 1. The lowest BCUT2D eigenvalue weighted by atomic mass is 10.1. The van der Waals surface area contributed by atoms with Crippen LogP contribution in [0.2, 0.25) is 0 Å². The van der Waals surface area contributed by atoms with Crippen LogP contribution in [-0.4, -0.2) is 21.9 Å². The Hall–Kier alpha value is -1.18. The molecule has 7 heteroatoms. The zero-order valence-electron chi connectivity index (χ0n) is 7.55. The molecule has 1 aromatic rings. The van der Waals surface area contributed by atoms with E-state index in [1.54, 1.807) is 0 Å². The van der Waals surface area contributed by atoms with Crippen LogP contribution in [0.25, 0.3) is 0 Å². The van der Waals surface area contributed by atoms with Crippen LogP contribution < -0.4 is 21.9 Å². The van der Waals surface area contributed by atoms with E-state index in [0.717, 1.165) is 31.0 Å². The molecular weight excluding hydrogens is 200 g/mol. The first-order valence-electron chi connectivity index (χ1n) is 4.35. The maximum absolute atomic E-state index is 5.16. The van der Waals surface area contributed by atoms with E-state index in [9.17, 15) is 0 Å². The molecule has 0 unspecified atom stereocenters. The SMILES string of the molecule is NNC(=S)Nc1n[nH]c2c1CCNC2. The number of thiocarbonyl (C=S) groups is 1. The second-order valence-electron chi connectivity index (χ2n) is 3.05. The summed E-state index contributed by atoms with van der Waals surface area (Å²) >= 11 is 4.89. The summed E-state index contributed by atoms with van der Waals surface area (Å²) in [5.41, 5.74) is 4.65. The molecule has 1 aromatic heterocycles. The molecule has 0 saturated heterocycles. The molecule has 0 atom stereocenters. The number of aromatic amines is 1. The van der Waals surface area contributed by atoms with E-state index in [-0.39, 0.29) is 0 Å². The van der Waals surface area contributed by atoms with Crippen LogP contribution in [0.3, 0.4) is 0 Å². The zero-order chi connectivity index (χ0) is 9.97. The van der Waals surface area contributed by atoms with Crippen molar-refractivity contribution in [3.8, 4) is 0 Å². The predicted octanol–water partition coefficient (Wildman–Crippen LogP) is -0.785. The van der Waals surface area contributed by atoms with Gasteiger partial charge in [-0.3, -0.25) is 5.10 Å². The Bertz CT molecular complexity index is 346. The molecule has 0 amide bonds. The third kappa shape index (κ3) is 1.69. The van der Waals surface area contributed by atoms with Gasteiger partial charge in [-0.05, 0) is 25.2 Å². The van der Waals surface area contributed by atoms with Crippen LogP contribution in [-0.2, 0) is 13.0 Å². The Balaban J connectivity index is 2.18. The second-order valence-corrected chi connectivity index (χ2v) is 3.46. The number of rotatable bonds is 1. The first-order chi connectivity index (χ1) is 6.81. The number of aromatic nitrogens is 2. The summed E-state index contributed by atoms with van der Waals surface area (Å²) < 4.78 is 0. The van der Waals surface area contributed by atoms with Crippen molar-refractivity contribution >= 4 is 23.1 Å². The minimum absolute atomic E-state index is 0.373. The highest BCUT2D eigenvalue weighted by Crippen LogP contribution is 2.19. The van der Waals surface area contributed by atoms with E-state index in [4.69, 9.17) is 18.1 Å². The van der Waals surface area contributed by atoms with Crippen LogP contribution in [0.1, 0.15) is 11.3 Å². The van der Waals surface area contributed by atoms with Gasteiger partial charge in [0, 0.05) is 12.1 Å². The topological polar surface area (TPSA) is 90.8 Å². The third-order valence-corrected chi connectivity index (χ3v) is 2.39. The van der Waals surface area contributed by atoms with Crippen molar-refractivity contribution in [3.63, 3.8) is 0 Å². The van der Waals surface area contributed by atoms with Crippen LogP contribution in [0.15, 0.2) is 0 Å². The second kappa shape index (κ2) is 3.91. The van der Waals surface area contributed by atoms with E-state index >= 15 is 0 Å². The Labute approximate surface area is 86.6 Å². The Morgan fingerprint density at radius 2 is 2.43 bits per heavy atom. The number of hydrazine groups is 1. The molecule has 6 N–H and O–H groups in total. The summed E-state index contributed by atoms with van der Waals surface area (Å²) in [4.78, 5) is 0. The summed E-state index contributed by atoms with van der Waals surface area (Å²) in [5.74, 6) is 5.93. The first-order valence-corrected chi connectivity index (χ1v) is 4.76. The molecule has 0 spiro atoms. The average molecular weight is 212 g/mol. The van der Waals surface area contributed by atoms with Crippen molar-refractivity contribution in [1.29, 1.82) is 0 Å². The molecule has 0 bridgehead atoms. The molecule has 0 radical (unpaired) electrons. The van der Waals surface area contributed by atoms with Gasteiger partial charge in [0.05, 0.1) is 5.69 Å². The van der Waals surface area contributed by atoms with Crippen LogP contribution in [0.4, 0.5) is 5.82 Å². The summed E-state index contributed by atoms with van der Waals surface area (Å²) in [7, 11) is 0. The predicted molar refractivity (Wildman–Crippen MR) is 57.5 cm³/mol. The standard InChI is InChI=1S/C7H12N6S/c8-11-7(14)10-6-4-1-2-9-3-5(4)12-13-6/h9H,1-3,8H2,(H3,10,11,12,13,14). The minimum atomic E-state index is 0.373. The van der Waals surface area contributed by atoms with Crippen molar-refractivity contribution in [3.05, 3.63) is 11.3 Å². The molecule has 0 aromatic carbocycles. The molecule has 2 heterocycles. The fourth-order valence-corrected chi connectivity index (χ4v) is 1.59. The normalized spacial score (nSPS) is 14.6. The van der Waals surface area contributed by atoms with E-state index in [1.807, 2.05) is 0 Å². The summed E-state index contributed by atoms with van der Waals surface area (Å²) in [6.45, 7) is 1.79. The van der Waals surface area contributed by atoms with E-state index in [0.29, 0.717) is 5.11 Å². The van der Waals surface area contributed by atoms with E-state index < -0.39 is 0 Å². The summed E-state index contributed by atoms with van der Waals surface area (Å²) in [5, 5.41) is 13.6. The quantitative estimate of drug-likeness (QED) is 0.238. The van der Waals surface area contributed by atoms with Crippen LogP contribution in [0.5, 0.6) is 0 Å². The molecule has 0 aliphatic carbocycles. The van der Waals surface area contributed by atoms with Crippen molar-refractivity contribution in [2.45, 2.75) is 13.0 Å². The number of hydrogen-bond donors (Lipinski definition) is 5. The molecule has 1 aliphatic rings. The van der Waals surface area contributed by atoms with Gasteiger partial charge in [0.25, 0.3) is 0 Å².